The number of rotatable bonds is 5. The molecule has 0 unspecified atom stereocenters. The number of hydrogen-bond donors (Lipinski definition) is 2. The summed E-state index contributed by atoms with van der Waals surface area (Å²) in [6.07, 6.45) is 2.39. The Morgan fingerprint density at radius 3 is 2.07 bits per heavy atom. The highest BCUT2D eigenvalue weighted by molar-refractivity contribution is 9.10. The Bertz CT molecular complexity index is 1820. The number of imide groups is 1. The lowest BCUT2D eigenvalue weighted by molar-refractivity contribution is -0.136. The zero-order valence-corrected chi connectivity index (χ0v) is 25.2. The Morgan fingerprint density at radius 2 is 1.45 bits per heavy atom. The molecule has 3 aliphatic carbocycles. The molecule has 0 spiro atoms. The summed E-state index contributed by atoms with van der Waals surface area (Å²) >= 11 is 3.43. The molecule has 218 valence electrons. The highest BCUT2D eigenvalue weighted by Crippen LogP contribution is 2.63. The van der Waals surface area contributed by atoms with Gasteiger partial charge in [-0.3, -0.25) is 19.2 Å². The van der Waals surface area contributed by atoms with E-state index in [4.69, 9.17) is 0 Å². The van der Waals surface area contributed by atoms with Gasteiger partial charge in [0.1, 0.15) is 0 Å². The molecular formula is C35H27BrN4O4. The molecule has 0 aromatic heterocycles. The summed E-state index contributed by atoms with van der Waals surface area (Å²) in [6, 6.07) is 29.9. The number of amides is 4. The number of hydrazone groups is 1. The van der Waals surface area contributed by atoms with Gasteiger partial charge in [-0.1, -0.05) is 83.5 Å². The number of carbonyl (C=O) groups is 4. The van der Waals surface area contributed by atoms with Gasteiger partial charge in [0.05, 0.1) is 22.9 Å². The smallest absolute Gasteiger partial charge is 0.318 e. The third-order valence-corrected chi connectivity index (χ3v) is 9.56. The molecule has 4 aliphatic rings. The second-order valence-electron chi connectivity index (χ2n) is 11.2. The zero-order valence-electron chi connectivity index (χ0n) is 23.7. The number of carbonyl (C=O) groups excluding carboxylic acids is 4. The van der Waals surface area contributed by atoms with E-state index in [9.17, 15) is 19.2 Å². The molecule has 1 saturated heterocycles. The van der Waals surface area contributed by atoms with Gasteiger partial charge in [-0.15, -0.1) is 0 Å². The lowest BCUT2D eigenvalue weighted by Crippen LogP contribution is -2.54. The number of nitrogens with one attached hydrogen (secondary N) is 2. The molecule has 4 amide bonds. The first-order valence-electron chi connectivity index (χ1n) is 14.4. The standard InChI is InChI=1S/C35H27BrN4O4/c1-2-20-11-15-22(16-12-20)38-31(41)32(42)39-37-19-35-26-9-5-3-7-24(26)28(25-8-4-6-10-27(25)35)29-30(35)34(44)40(33(29)43)23-17-13-21(36)14-18-23/h3-19,28-30H,2H2,1H3,(H,38,41)(H,39,42)/b37-19-/t28?,29-,30+,35?/m1/s1. The van der Waals surface area contributed by atoms with Crippen molar-refractivity contribution < 1.29 is 19.2 Å². The summed E-state index contributed by atoms with van der Waals surface area (Å²) in [5.74, 6) is -4.23. The zero-order chi connectivity index (χ0) is 30.6. The summed E-state index contributed by atoms with van der Waals surface area (Å²) < 4.78 is 0.832. The number of aryl methyl sites for hydroxylation is 1. The third kappa shape index (κ3) is 4.14. The molecule has 0 saturated carbocycles. The van der Waals surface area contributed by atoms with E-state index < -0.39 is 29.1 Å². The lowest BCUT2D eigenvalue weighted by Gasteiger charge is -2.52. The van der Waals surface area contributed by atoms with E-state index in [0.717, 1.165) is 38.7 Å². The van der Waals surface area contributed by atoms with Gasteiger partial charge in [0.25, 0.3) is 0 Å². The van der Waals surface area contributed by atoms with Crippen LogP contribution in [0.4, 0.5) is 11.4 Å². The van der Waals surface area contributed by atoms with Crippen LogP contribution in [-0.4, -0.2) is 29.8 Å². The van der Waals surface area contributed by atoms with Gasteiger partial charge in [-0.2, -0.15) is 5.10 Å². The van der Waals surface area contributed by atoms with E-state index >= 15 is 0 Å². The average Bonchev–Trinajstić information content (AvgIpc) is 3.32. The quantitative estimate of drug-likeness (QED) is 0.133. The van der Waals surface area contributed by atoms with Crippen LogP contribution in [0.2, 0.25) is 0 Å². The van der Waals surface area contributed by atoms with Crippen molar-refractivity contribution in [3.8, 4) is 0 Å². The average molecular weight is 648 g/mol. The Hall–Kier alpha value is -4.89. The van der Waals surface area contributed by atoms with Crippen LogP contribution in [0, 0.1) is 11.8 Å². The monoisotopic (exact) mass is 646 g/mol. The largest absolute Gasteiger partial charge is 0.329 e. The molecule has 2 atom stereocenters. The number of anilines is 2. The Balaban J connectivity index is 1.28. The van der Waals surface area contributed by atoms with Crippen LogP contribution < -0.4 is 15.6 Å². The SMILES string of the molecule is CCc1ccc(NC(=O)C(=O)N/N=C\C23c4ccccc4C(c4ccccc42)[C@H]2C(=O)N(c4ccc(Br)cc4)C(=O)[C@H]23)cc1. The fraction of sp³-hybridized carbons (Fsp3) is 0.171. The minimum Gasteiger partial charge on any atom is -0.318 e. The van der Waals surface area contributed by atoms with Crippen LogP contribution in [0.25, 0.3) is 0 Å². The van der Waals surface area contributed by atoms with Gasteiger partial charge >= 0.3 is 11.8 Å². The predicted molar refractivity (Wildman–Crippen MR) is 170 cm³/mol. The summed E-state index contributed by atoms with van der Waals surface area (Å²) in [6.45, 7) is 2.03. The van der Waals surface area contributed by atoms with Crippen LogP contribution in [0.5, 0.6) is 0 Å². The van der Waals surface area contributed by atoms with Crippen molar-refractivity contribution in [1.29, 1.82) is 0 Å². The molecule has 8 rings (SSSR count). The van der Waals surface area contributed by atoms with E-state index in [0.29, 0.717) is 11.4 Å². The van der Waals surface area contributed by atoms with Crippen molar-refractivity contribution >= 4 is 57.1 Å². The van der Waals surface area contributed by atoms with Crippen LogP contribution in [0.15, 0.2) is 107 Å². The maximum atomic E-state index is 14.4. The first kappa shape index (κ1) is 27.9. The Morgan fingerprint density at radius 1 is 0.841 bits per heavy atom. The fourth-order valence-corrected chi connectivity index (χ4v) is 7.41. The molecule has 1 heterocycles. The fourth-order valence-electron chi connectivity index (χ4n) is 7.15. The molecule has 4 aromatic carbocycles. The van der Waals surface area contributed by atoms with Crippen molar-refractivity contribution in [2.45, 2.75) is 24.7 Å². The maximum Gasteiger partial charge on any atom is 0.329 e. The van der Waals surface area contributed by atoms with Gasteiger partial charge < -0.3 is 5.32 Å². The van der Waals surface area contributed by atoms with E-state index in [1.807, 2.05) is 67.6 Å². The topological polar surface area (TPSA) is 108 Å². The number of benzene rings is 4. The molecule has 2 N–H and O–H groups in total. The number of halogens is 1. The minimum absolute atomic E-state index is 0.272. The van der Waals surface area contributed by atoms with Crippen molar-refractivity contribution in [2.24, 2.45) is 16.9 Å². The first-order valence-corrected chi connectivity index (χ1v) is 15.2. The van der Waals surface area contributed by atoms with Crippen molar-refractivity contribution in [2.75, 3.05) is 10.2 Å². The number of hydrogen-bond acceptors (Lipinski definition) is 5. The number of nitrogens with zero attached hydrogens (tertiary/aromatic N) is 2. The van der Waals surface area contributed by atoms with Crippen molar-refractivity contribution in [3.05, 3.63) is 129 Å². The van der Waals surface area contributed by atoms with E-state index in [1.54, 1.807) is 36.4 Å². The van der Waals surface area contributed by atoms with E-state index in [2.05, 4.69) is 31.8 Å². The molecule has 44 heavy (non-hydrogen) atoms. The second kappa shape index (κ2) is 10.7. The molecule has 4 aromatic rings. The van der Waals surface area contributed by atoms with Gasteiger partial charge in [0.15, 0.2) is 0 Å². The van der Waals surface area contributed by atoms with Crippen molar-refractivity contribution in [1.82, 2.24) is 5.43 Å². The molecule has 1 aliphatic heterocycles. The van der Waals surface area contributed by atoms with Gasteiger partial charge in [0, 0.05) is 22.3 Å². The summed E-state index contributed by atoms with van der Waals surface area (Å²) in [5.41, 5.74) is 6.88. The summed E-state index contributed by atoms with van der Waals surface area (Å²) in [5, 5.41) is 6.89. The molecule has 2 bridgehead atoms. The predicted octanol–water partition coefficient (Wildman–Crippen LogP) is 5.30. The van der Waals surface area contributed by atoms with E-state index in [-0.39, 0.29) is 17.7 Å². The Labute approximate surface area is 262 Å². The van der Waals surface area contributed by atoms with E-state index in [1.165, 1.54) is 11.1 Å². The second-order valence-corrected chi connectivity index (χ2v) is 12.1. The van der Waals surface area contributed by atoms with Gasteiger partial charge in [0.2, 0.25) is 11.8 Å². The summed E-state index contributed by atoms with van der Waals surface area (Å²) in [4.78, 5) is 55.4. The highest BCUT2D eigenvalue weighted by atomic mass is 79.9. The molecule has 0 radical (unpaired) electrons. The lowest BCUT2D eigenvalue weighted by atomic mass is 9.47. The van der Waals surface area contributed by atoms with Crippen LogP contribution in [0.3, 0.4) is 0 Å². The van der Waals surface area contributed by atoms with Crippen LogP contribution >= 0.6 is 15.9 Å². The van der Waals surface area contributed by atoms with Crippen LogP contribution in [0.1, 0.15) is 40.7 Å². The van der Waals surface area contributed by atoms with Crippen molar-refractivity contribution in [3.63, 3.8) is 0 Å². The third-order valence-electron chi connectivity index (χ3n) is 9.03. The van der Waals surface area contributed by atoms with Gasteiger partial charge in [-0.25, -0.2) is 10.3 Å². The maximum absolute atomic E-state index is 14.4. The molecule has 9 heteroatoms. The Kier molecular flexibility index (Phi) is 6.77. The molecule has 8 nitrogen and oxygen atoms in total. The van der Waals surface area contributed by atoms with Gasteiger partial charge in [-0.05, 0) is 70.6 Å². The minimum atomic E-state index is -1.16. The van der Waals surface area contributed by atoms with Crippen LogP contribution in [-0.2, 0) is 31.0 Å². The summed E-state index contributed by atoms with van der Waals surface area (Å²) in [7, 11) is 0. The first-order chi connectivity index (χ1) is 21.3. The molecule has 1 fully saturated rings. The normalized spacial score (nSPS) is 22.9. The highest BCUT2D eigenvalue weighted by Gasteiger charge is 2.68. The molecular weight excluding hydrogens is 620 g/mol.